The lowest BCUT2D eigenvalue weighted by atomic mass is 10.2. The van der Waals surface area contributed by atoms with Crippen molar-refractivity contribution in [2.75, 3.05) is 12.4 Å². The molecule has 1 unspecified atom stereocenters. The summed E-state index contributed by atoms with van der Waals surface area (Å²) < 4.78 is 18.7. The number of methoxy groups -OCH3 is 1. The van der Waals surface area contributed by atoms with Crippen LogP contribution in [0.3, 0.4) is 0 Å². The molecular weight excluding hydrogens is 237 g/mol. The minimum absolute atomic E-state index is 0.0802. The van der Waals surface area contributed by atoms with Gasteiger partial charge in [-0.05, 0) is 30.5 Å². The molecule has 0 aliphatic rings. The molecule has 0 amide bonds. The van der Waals surface area contributed by atoms with Gasteiger partial charge in [0.1, 0.15) is 11.6 Å². The van der Waals surface area contributed by atoms with Gasteiger partial charge in [0.25, 0.3) is 0 Å². The number of nitrogens with one attached hydrogen (secondary N) is 1. The van der Waals surface area contributed by atoms with Gasteiger partial charge in [0, 0.05) is 10.9 Å². The Morgan fingerprint density at radius 3 is 2.82 bits per heavy atom. The Morgan fingerprint density at radius 2 is 2.18 bits per heavy atom. The van der Waals surface area contributed by atoms with E-state index in [1.807, 2.05) is 24.4 Å². The van der Waals surface area contributed by atoms with Crippen molar-refractivity contribution in [3.05, 3.63) is 46.4 Å². The molecule has 0 fully saturated rings. The Kier molecular flexibility index (Phi) is 3.64. The lowest BCUT2D eigenvalue weighted by molar-refractivity contribution is 0.414. The van der Waals surface area contributed by atoms with E-state index in [4.69, 9.17) is 4.74 Å². The molecule has 0 saturated heterocycles. The fraction of sp³-hybridized carbons (Fsp3) is 0.231. The zero-order valence-corrected chi connectivity index (χ0v) is 10.6. The smallest absolute Gasteiger partial charge is 0.146 e. The van der Waals surface area contributed by atoms with Gasteiger partial charge in [-0.2, -0.15) is 0 Å². The van der Waals surface area contributed by atoms with E-state index in [1.165, 1.54) is 10.9 Å². The number of rotatable bonds is 4. The Bertz CT molecular complexity index is 484. The second-order valence-corrected chi connectivity index (χ2v) is 4.71. The molecule has 1 aromatic heterocycles. The number of anilines is 1. The fourth-order valence-electron chi connectivity index (χ4n) is 1.58. The molecule has 90 valence electrons. The minimum Gasteiger partial charge on any atom is -0.497 e. The van der Waals surface area contributed by atoms with Crippen LogP contribution in [0.2, 0.25) is 0 Å². The highest BCUT2D eigenvalue weighted by molar-refractivity contribution is 7.10. The third-order valence-electron chi connectivity index (χ3n) is 2.52. The number of ether oxygens (including phenoxy) is 1. The van der Waals surface area contributed by atoms with Gasteiger partial charge in [-0.3, -0.25) is 0 Å². The van der Waals surface area contributed by atoms with Crippen LogP contribution in [0.4, 0.5) is 10.1 Å². The molecule has 1 N–H and O–H groups in total. The molecule has 1 atom stereocenters. The van der Waals surface area contributed by atoms with E-state index >= 15 is 0 Å². The molecule has 0 radical (unpaired) electrons. The number of benzene rings is 1. The van der Waals surface area contributed by atoms with Crippen molar-refractivity contribution >= 4 is 17.0 Å². The van der Waals surface area contributed by atoms with Gasteiger partial charge in [-0.15, -0.1) is 11.3 Å². The van der Waals surface area contributed by atoms with E-state index in [-0.39, 0.29) is 11.9 Å². The van der Waals surface area contributed by atoms with Crippen molar-refractivity contribution in [1.29, 1.82) is 0 Å². The van der Waals surface area contributed by atoms with Gasteiger partial charge in [0.2, 0.25) is 0 Å². The topological polar surface area (TPSA) is 21.3 Å². The van der Waals surface area contributed by atoms with E-state index in [2.05, 4.69) is 5.32 Å². The van der Waals surface area contributed by atoms with Crippen LogP contribution in [0, 0.1) is 5.82 Å². The highest BCUT2D eigenvalue weighted by Gasteiger charge is 2.10. The Hall–Kier alpha value is -1.55. The lowest BCUT2D eigenvalue weighted by Crippen LogP contribution is -2.06. The molecule has 4 heteroatoms. The molecule has 2 aromatic rings. The average Bonchev–Trinajstić information content (AvgIpc) is 2.85. The third-order valence-corrected chi connectivity index (χ3v) is 3.57. The van der Waals surface area contributed by atoms with Crippen LogP contribution < -0.4 is 10.1 Å². The van der Waals surface area contributed by atoms with E-state index in [0.29, 0.717) is 11.4 Å². The molecule has 2 rings (SSSR count). The van der Waals surface area contributed by atoms with E-state index in [0.717, 1.165) is 0 Å². The predicted molar refractivity (Wildman–Crippen MR) is 69.3 cm³/mol. The summed E-state index contributed by atoms with van der Waals surface area (Å²) in [7, 11) is 1.57. The van der Waals surface area contributed by atoms with Gasteiger partial charge >= 0.3 is 0 Å². The van der Waals surface area contributed by atoms with Crippen LogP contribution in [0.1, 0.15) is 17.8 Å². The summed E-state index contributed by atoms with van der Waals surface area (Å²) in [6.07, 6.45) is 0. The maximum atomic E-state index is 13.6. The van der Waals surface area contributed by atoms with Crippen LogP contribution in [-0.2, 0) is 0 Å². The third kappa shape index (κ3) is 2.77. The van der Waals surface area contributed by atoms with Crippen LogP contribution in [0.25, 0.3) is 0 Å². The van der Waals surface area contributed by atoms with Crippen molar-refractivity contribution in [3.8, 4) is 5.75 Å². The summed E-state index contributed by atoms with van der Waals surface area (Å²) in [6, 6.07) is 8.77. The quantitative estimate of drug-likeness (QED) is 0.884. The fourth-order valence-corrected chi connectivity index (χ4v) is 2.32. The molecule has 0 aliphatic carbocycles. The molecule has 0 bridgehead atoms. The first-order valence-electron chi connectivity index (χ1n) is 5.34. The molecule has 1 heterocycles. The second kappa shape index (κ2) is 5.19. The molecular formula is C13H14FNOS. The Morgan fingerprint density at radius 1 is 1.35 bits per heavy atom. The van der Waals surface area contributed by atoms with Crippen LogP contribution in [0.15, 0.2) is 35.7 Å². The van der Waals surface area contributed by atoms with Gasteiger partial charge in [0.05, 0.1) is 18.8 Å². The van der Waals surface area contributed by atoms with Crippen molar-refractivity contribution in [2.24, 2.45) is 0 Å². The number of hydrogen-bond donors (Lipinski definition) is 1. The van der Waals surface area contributed by atoms with Gasteiger partial charge < -0.3 is 10.1 Å². The SMILES string of the molecule is COc1ccc(F)c(NC(C)c2cccs2)c1. The largest absolute Gasteiger partial charge is 0.497 e. The van der Waals surface area contributed by atoms with Crippen molar-refractivity contribution in [1.82, 2.24) is 0 Å². The zero-order chi connectivity index (χ0) is 12.3. The summed E-state index contributed by atoms with van der Waals surface area (Å²) in [4.78, 5) is 1.17. The van der Waals surface area contributed by atoms with Crippen LogP contribution in [0.5, 0.6) is 5.75 Å². The second-order valence-electron chi connectivity index (χ2n) is 3.73. The van der Waals surface area contributed by atoms with E-state index < -0.39 is 0 Å². The molecule has 0 aliphatic heterocycles. The summed E-state index contributed by atoms with van der Waals surface area (Å²) in [6.45, 7) is 2.00. The molecule has 1 aromatic carbocycles. The lowest BCUT2D eigenvalue weighted by Gasteiger charge is -2.15. The van der Waals surface area contributed by atoms with Gasteiger partial charge in [-0.25, -0.2) is 4.39 Å². The van der Waals surface area contributed by atoms with Crippen molar-refractivity contribution < 1.29 is 9.13 Å². The summed E-state index contributed by atoms with van der Waals surface area (Å²) in [5, 5.41) is 5.15. The number of hydrogen-bond acceptors (Lipinski definition) is 3. The monoisotopic (exact) mass is 251 g/mol. The van der Waals surface area contributed by atoms with Crippen molar-refractivity contribution in [3.63, 3.8) is 0 Å². The summed E-state index contributed by atoms with van der Waals surface area (Å²) >= 11 is 1.65. The van der Waals surface area contributed by atoms with Gasteiger partial charge in [-0.1, -0.05) is 6.07 Å². The molecule has 0 saturated carbocycles. The van der Waals surface area contributed by atoms with Crippen molar-refractivity contribution in [2.45, 2.75) is 13.0 Å². The first-order chi connectivity index (χ1) is 8.20. The normalized spacial score (nSPS) is 12.2. The zero-order valence-electron chi connectivity index (χ0n) is 9.74. The maximum Gasteiger partial charge on any atom is 0.146 e. The molecule has 17 heavy (non-hydrogen) atoms. The number of halogens is 1. The van der Waals surface area contributed by atoms with E-state index in [1.54, 1.807) is 30.6 Å². The number of thiophene rings is 1. The van der Waals surface area contributed by atoms with Crippen LogP contribution in [-0.4, -0.2) is 7.11 Å². The summed E-state index contributed by atoms with van der Waals surface area (Å²) in [5.41, 5.74) is 0.463. The molecule has 2 nitrogen and oxygen atoms in total. The Balaban J connectivity index is 2.18. The minimum atomic E-state index is -0.269. The summed E-state index contributed by atoms with van der Waals surface area (Å²) in [5.74, 6) is 0.376. The Labute approximate surface area is 104 Å². The van der Waals surface area contributed by atoms with E-state index in [9.17, 15) is 4.39 Å². The standard InChI is InChI=1S/C13H14FNOS/c1-9(13-4-3-7-17-13)15-12-8-10(16-2)5-6-11(12)14/h3-9,15H,1-2H3. The highest BCUT2D eigenvalue weighted by Crippen LogP contribution is 2.27. The maximum absolute atomic E-state index is 13.6. The first-order valence-corrected chi connectivity index (χ1v) is 6.22. The molecule has 0 spiro atoms. The predicted octanol–water partition coefficient (Wildman–Crippen LogP) is 4.07. The first kappa shape index (κ1) is 11.9. The van der Waals surface area contributed by atoms with Crippen LogP contribution >= 0.6 is 11.3 Å². The van der Waals surface area contributed by atoms with Gasteiger partial charge in [0.15, 0.2) is 0 Å². The average molecular weight is 251 g/mol. The highest BCUT2D eigenvalue weighted by atomic mass is 32.1.